The molecule has 1 N–H and O–H groups in total. The van der Waals surface area contributed by atoms with E-state index in [4.69, 9.17) is 0 Å². The smallest absolute Gasteiger partial charge is 0.0931 e. The summed E-state index contributed by atoms with van der Waals surface area (Å²) in [6, 6.07) is 0. The molecule has 62 valence electrons. The van der Waals surface area contributed by atoms with E-state index >= 15 is 0 Å². The fraction of sp³-hybridized carbons (Fsp3) is 0.300. The number of imidazole rings is 1. The van der Waals surface area contributed by atoms with Crippen LogP contribution in [0.15, 0.2) is 18.5 Å². The third-order valence-corrected chi connectivity index (χ3v) is 2.00. The molecule has 1 aromatic heterocycles. The van der Waals surface area contributed by atoms with Crippen molar-refractivity contribution in [3.8, 4) is 0 Å². The largest absolute Gasteiger partial charge is 0.345 e. The third-order valence-electron chi connectivity index (χ3n) is 2.00. The quantitative estimate of drug-likeness (QED) is 0.590. The standard InChI is InChI=1S/C10H12N2/c1-10(2)5-3-4-8-9(6-10)12-7-11-8/h3-7H,1-2H3,(H,11,12). The van der Waals surface area contributed by atoms with Crippen molar-refractivity contribution in [2.45, 2.75) is 13.8 Å². The highest BCUT2D eigenvalue weighted by Crippen LogP contribution is 2.18. The Morgan fingerprint density at radius 2 is 2.25 bits per heavy atom. The lowest BCUT2D eigenvalue weighted by atomic mass is 9.93. The lowest BCUT2D eigenvalue weighted by Crippen LogP contribution is -2.25. The molecule has 2 heteroatoms. The second kappa shape index (κ2) is 2.34. The number of hydrogen-bond donors (Lipinski definition) is 1. The summed E-state index contributed by atoms with van der Waals surface area (Å²) in [5.41, 5.74) is 0.108. The minimum absolute atomic E-state index is 0.108. The van der Waals surface area contributed by atoms with Crippen LogP contribution >= 0.6 is 0 Å². The molecule has 0 unspecified atom stereocenters. The van der Waals surface area contributed by atoms with Gasteiger partial charge in [-0.1, -0.05) is 26.0 Å². The van der Waals surface area contributed by atoms with Gasteiger partial charge in [-0.25, -0.2) is 4.98 Å². The molecule has 1 aromatic rings. The molecule has 0 radical (unpaired) electrons. The summed E-state index contributed by atoms with van der Waals surface area (Å²) >= 11 is 0. The van der Waals surface area contributed by atoms with Gasteiger partial charge in [0.05, 0.1) is 17.0 Å². The van der Waals surface area contributed by atoms with Crippen LogP contribution in [0.1, 0.15) is 13.8 Å². The fourth-order valence-electron chi connectivity index (χ4n) is 1.36. The van der Waals surface area contributed by atoms with Crippen LogP contribution in [0.5, 0.6) is 0 Å². The van der Waals surface area contributed by atoms with Gasteiger partial charge in [0.1, 0.15) is 0 Å². The zero-order valence-electron chi connectivity index (χ0n) is 7.33. The Morgan fingerprint density at radius 1 is 1.42 bits per heavy atom. The van der Waals surface area contributed by atoms with Crippen molar-refractivity contribution in [2.24, 2.45) is 5.41 Å². The summed E-state index contributed by atoms with van der Waals surface area (Å²) in [4.78, 5) is 7.32. The van der Waals surface area contributed by atoms with Gasteiger partial charge in [0.2, 0.25) is 0 Å². The number of nitrogens with one attached hydrogen (secondary N) is 1. The number of rotatable bonds is 0. The summed E-state index contributed by atoms with van der Waals surface area (Å²) < 4.78 is 0. The Kier molecular flexibility index (Phi) is 1.43. The van der Waals surface area contributed by atoms with Crippen molar-refractivity contribution in [1.82, 2.24) is 9.97 Å². The van der Waals surface area contributed by atoms with E-state index in [1.165, 1.54) is 0 Å². The molecule has 2 nitrogen and oxygen atoms in total. The van der Waals surface area contributed by atoms with Crippen LogP contribution in [0.2, 0.25) is 0 Å². The topological polar surface area (TPSA) is 28.7 Å². The Bertz CT molecular complexity index is 421. The molecule has 0 saturated carbocycles. The van der Waals surface area contributed by atoms with E-state index in [0.29, 0.717) is 0 Å². The first-order valence-electron chi connectivity index (χ1n) is 4.09. The Morgan fingerprint density at radius 3 is 3.08 bits per heavy atom. The van der Waals surface area contributed by atoms with Crippen LogP contribution in [0.25, 0.3) is 12.2 Å². The van der Waals surface area contributed by atoms with Gasteiger partial charge >= 0.3 is 0 Å². The lowest BCUT2D eigenvalue weighted by Gasteiger charge is -2.11. The maximum absolute atomic E-state index is 4.23. The molecule has 0 fully saturated rings. The van der Waals surface area contributed by atoms with Crippen molar-refractivity contribution in [2.75, 3.05) is 0 Å². The highest BCUT2D eigenvalue weighted by molar-refractivity contribution is 5.45. The Hall–Kier alpha value is -1.31. The lowest BCUT2D eigenvalue weighted by molar-refractivity contribution is 0.669. The molecule has 0 bridgehead atoms. The van der Waals surface area contributed by atoms with Gasteiger partial charge in [-0.2, -0.15) is 0 Å². The molecule has 0 spiro atoms. The molecule has 1 aliphatic rings. The molecule has 1 heterocycles. The summed E-state index contributed by atoms with van der Waals surface area (Å²) in [5.74, 6) is 0. The fourth-order valence-corrected chi connectivity index (χ4v) is 1.36. The predicted octanol–water partition coefficient (Wildman–Crippen LogP) is 0.567. The van der Waals surface area contributed by atoms with E-state index in [9.17, 15) is 0 Å². The molecule has 0 amide bonds. The summed E-state index contributed by atoms with van der Waals surface area (Å²) in [6.45, 7) is 4.34. The van der Waals surface area contributed by atoms with Crippen molar-refractivity contribution >= 4 is 12.2 Å². The first kappa shape index (κ1) is 7.35. The molecular weight excluding hydrogens is 148 g/mol. The molecule has 2 rings (SSSR count). The maximum Gasteiger partial charge on any atom is 0.0931 e. The normalized spacial score (nSPS) is 18.8. The molecule has 12 heavy (non-hydrogen) atoms. The molecule has 0 atom stereocenters. The van der Waals surface area contributed by atoms with Crippen LogP contribution in [0.4, 0.5) is 0 Å². The van der Waals surface area contributed by atoms with Gasteiger partial charge in [0.25, 0.3) is 0 Å². The number of fused-ring (bicyclic) bond motifs is 1. The number of hydrogen-bond acceptors (Lipinski definition) is 1. The Labute approximate surface area is 71.3 Å². The van der Waals surface area contributed by atoms with Crippen LogP contribution in [0, 0.1) is 5.41 Å². The number of aromatic nitrogens is 2. The van der Waals surface area contributed by atoms with Crippen molar-refractivity contribution in [3.63, 3.8) is 0 Å². The van der Waals surface area contributed by atoms with Gasteiger partial charge in [-0.3, -0.25) is 0 Å². The third kappa shape index (κ3) is 1.20. The highest BCUT2D eigenvalue weighted by atomic mass is 14.9. The number of nitrogens with zero attached hydrogens (tertiary/aromatic N) is 1. The average Bonchev–Trinajstić information content (AvgIpc) is 2.31. The zero-order valence-corrected chi connectivity index (χ0v) is 7.33. The van der Waals surface area contributed by atoms with E-state index in [2.05, 4.69) is 42.0 Å². The molecule has 1 aliphatic carbocycles. The highest BCUT2D eigenvalue weighted by Gasteiger charge is 2.10. The molecular formula is C10H12N2. The van der Waals surface area contributed by atoms with Crippen molar-refractivity contribution < 1.29 is 0 Å². The molecule has 0 saturated heterocycles. The van der Waals surface area contributed by atoms with Crippen molar-refractivity contribution in [1.29, 1.82) is 0 Å². The monoisotopic (exact) mass is 160 g/mol. The van der Waals surface area contributed by atoms with Crippen LogP contribution in [0.3, 0.4) is 0 Å². The molecule has 0 aliphatic heterocycles. The minimum atomic E-state index is 0.108. The average molecular weight is 160 g/mol. The maximum atomic E-state index is 4.23. The molecule has 0 aromatic carbocycles. The van der Waals surface area contributed by atoms with Gasteiger partial charge in [0.15, 0.2) is 0 Å². The second-order valence-corrected chi connectivity index (χ2v) is 3.69. The van der Waals surface area contributed by atoms with E-state index in [1.54, 1.807) is 6.33 Å². The van der Waals surface area contributed by atoms with Gasteiger partial charge < -0.3 is 4.98 Å². The first-order valence-corrected chi connectivity index (χ1v) is 4.09. The van der Waals surface area contributed by atoms with Gasteiger partial charge in [-0.15, -0.1) is 0 Å². The van der Waals surface area contributed by atoms with Gasteiger partial charge in [-0.05, 0) is 12.2 Å². The summed E-state index contributed by atoms with van der Waals surface area (Å²) in [7, 11) is 0. The van der Waals surface area contributed by atoms with Crippen LogP contribution in [-0.4, -0.2) is 9.97 Å². The number of H-pyrrole nitrogens is 1. The van der Waals surface area contributed by atoms with Crippen LogP contribution < -0.4 is 10.7 Å². The van der Waals surface area contributed by atoms with Crippen molar-refractivity contribution in [3.05, 3.63) is 29.2 Å². The SMILES string of the molecule is CC1(C)C=CC=c2[nH]cnc2=C1. The van der Waals surface area contributed by atoms with E-state index in [0.717, 1.165) is 10.7 Å². The van der Waals surface area contributed by atoms with E-state index in [-0.39, 0.29) is 5.41 Å². The minimum Gasteiger partial charge on any atom is -0.345 e. The predicted molar refractivity (Wildman–Crippen MR) is 49.7 cm³/mol. The van der Waals surface area contributed by atoms with Gasteiger partial charge in [0, 0.05) is 5.41 Å². The van der Waals surface area contributed by atoms with E-state index in [1.807, 2.05) is 6.08 Å². The Balaban J connectivity index is 2.75. The zero-order chi connectivity index (χ0) is 8.60. The second-order valence-electron chi connectivity index (χ2n) is 3.69. The summed E-state index contributed by atoms with van der Waals surface area (Å²) in [5, 5.41) is 2.14. The van der Waals surface area contributed by atoms with Crippen LogP contribution in [-0.2, 0) is 0 Å². The number of aromatic amines is 1. The number of allylic oxidation sites excluding steroid dienone is 2. The summed E-state index contributed by atoms with van der Waals surface area (Å²) in [6.07, 6.45) is 10.2. The first-order chi connectivity index (χ1) is 5.67. The van der Waals surface area contributed by atoms with E-state index < -0.39 is 0 Å².